The smallest absolute Gasteiger partial charge is 0.268 e. The first kappa shape index (κ1) is 18.8. The fourth-order valence-electron chi connectivity index (χ4n) is 3.06. The molecule has 142 valence electrons. The highest BCUT2D eigenvalue weighted by Crippen LogP contribution is 2.21. The summed E-state index contributed by atoms with van der Waals surface area (Å²) in [5, 5.41) is 11.8. The minimum absolute atomic E-state index is 0.0120. The molecule has 0 saturated heterocycles. The van der Waals surface area contributed by atoms with Crippen LogP contribution in [-0.4, -0.2) is 14.5 Å². The summed E-state index contributed by atoms with van der Waals surface area (Å²) in [7, 11) is 0. The van der Waals surface area contributed by atoms with E-state index in [2.05, 4.69) is 20.9 Å². The third-order valence-corrected chi connectivity index (χ3v) is 4.96. The molecule has 0 N–H and O–H groups in total. The van der Waals surface area contributed by atoms with Crippen molar-refractivity contribution in [1.29, 1.82) is 0 Å². The van der Waals surface area contributed by atoms with Crippen molar-refractivity contribution in [3.8, 4) is 5.69 Å². The summed E-state index contributed by atoms with van der Waals surface area (Å²) in [4.78, 5) is 28.7. The number of fused-ring (bicyclic) bond motifs is 1. The molecular weight excluding hydrogens is 434 g/mol. The van der Waals surface area contributed by atoms with Crippen LogP contribution in [0.3, 0.4) is 0 Å². The maximum Gasteiger partial charge on any atom is 0.276 e. The standard InChI is InChI=1S/C22H14BrN3O3/c23-16-10-12-17(13-11-16)25-21(24-19-7-3-2-6-18(19)22(25)27)14-9-15-5-1-4-8-20(15)26(28)29/h1-14H/b14-9+. The summed E-state index contributed by atoms with van der Waals surface area (Å²) in [6.45, 7) is 0. The molecule has 1 aromatic heterocycles. The van der Waals surface area contributed by atoms with Gasteiger partial charge in [-0.25, -0.2) is 4.98 Å². The van der Waals surface area contributed by atoms with Crippen LogP contribution in [0, 0.1) is 10.1 Å². The highest BCUT2D eigenvalue weighted by molar-refractivity contribution is 9.10. The third kappa shape index (κ3) is 3.72. The molecular formula is C22H14BrN3O3. The van der Waals surface area contributed by atoms with Gasteiger partial charge >= 0.3 is 0 Å². The van der Waals surface area contributed by atoms with Crippen LogP contribution >= 0.6 is 15.9 Å². The third-order valence-electron chi connectivity index (χ3n) is 4.43. The Hall–Kier alpha value is -3.58. The Kier molecular flexibility index (Phi) is 5.05. The second kappa shape index (κ2) is 7.81. The minimum atomic E-state index is -0.435. The van der Waals surface area contributed by atoms with Gasteiger partial charge in [0.2, 0.25) is 0 Å². The van der Waals surface area contributed by atoms with E-state index in [0.717, 1.165) is 4.47 Å². The Morgan fingerprint density at radius 3 is 2.38 bits per heavy atom. The highest BCUT2D eigenvalue weighted by atomic mass is 79.9. The number of hydrogen-bond acceptors (Lipinski definition) is 4. The second-order valence-corrected chi connectivity index (χ2v) is 7.17. The summed E-state index contributed by atoms with van der Waals surface area (Å²) in [5.41, 5.74) is 1.43. The van der Waals surface area contributed by atoms with Crippen LogP contribution in [0.5, 0.6) is 0 Å². The van der Waals surface area contributed by atoms with E-state index >= 15 is 0 Å². The Morgan fingerprint density at radius 1 is 0.931 bits per heavy atom. The maximum absolute atomic E-state index is 13.2. The van der Waals surface area contributed by atoms with Gasteiger partial charge in [-0.05, 0) is 54.6 Å². The SMILES string of the molecule is O=c1c2ccccc2nc(/C=C/c2ccccc2[N+](=O)[O-])n1-c1ccc(Br)cc1. The summed E-state index contributed by atoms with van der Waals surface area (Å²) < 4.78 is 2.39. The predicted octanol–water partition coefficient (Wildman–Crippen LogP) is 5.23. The Labute approximate surface area is 174 Å². The number of rotatable bonds is 4. The molecule has 0 spiro atoms. The van der Waals surface area contributed by atoms with Crippen molar-refractivity contribution in [2.24, 2.45) is 0 Å². The van der Waals surface area contributed by atoms with Crippen molar-refractivity contribution in [2.45, 2.75) is 0 Å². The van der Waals surface area contributed by atoms with Gasteiger partial charge in [-0.1, -0.05) is 40.2 Å². The molecule has 0 unspecified atom stereocenters. The first-order valence-corrected chi connectivity index (χ1v) is 9.53. The number of hydrogen-bond donors (Lipinski definition) is 0. The molecule has 0 radical (unpaired) electrons. The molecule has 6 nitrogen and oxygen atoms in total. The largest absolute Gasteiger partial charge is 0.276 e. The lowest BCUT2D eigenvalue weighted by molar-refractivity contribution is -0.385. The van der Waals surface area contributed by atoms with Crippen LogP contribution < -0.4 is 5.56 Å². The predicted molar refractivity (Wildman–Crippen MR) is 117 cm³/mol. The molecule has 3 aromatic carbocycles. The van der Waals surface area contributed by atoms with Crippen LogP contribution in [0.15, 0.2) is 82.1 Å². The van der Waals surface area contributed by atoms with E-state index in [1.54, 1.807) is 48.6 Å². The normalized spacial score (nSPS) is 11.2. The lowest BCUT2D eigenvalue weighted by Gasteiger charge is -2.11. The molecule has 0 amide bonds. The van der Waals surface area contributed by atoms with Crippen LogP contribution in [-0.2, 0) is 0 Å². The van der Waals surface area contributed by atoms with Crippen molar-refractivity contribution in [3.63, 3.8) is 0 Å². The van der Waals surface area contributed by atoms with Crippen molar-refractivity contribution in [1.82, 2.24) is 9.55 Å². The lowest BCUT2D eigenvalue weighted by atomic mass is 10.1. The van der Waals surface area contributed by atoms with Crippen molar-refractivity contribution < 1.29 is 4.92 Å². The molecule has 0 aliphatic rings. The summed E-state index contributed by atoms with van der Waals surface area (Å²) >= 11 is 3.40. The van der Waals surface area contributed by atoms with Crippen LogP contribution in [0.1, 0.15) is 11.4 Å². The number of nitro benzene ring substituents is 1. The molecule has 7 heteroatoms. The van der Waals surface area contributed by atoms with Gasteiger partial charge in [0.1, 0.15) is 5.82 Å². The van der Waals surface area contributed by atoms with E-state index in [9.17, 15) is 14.9 Å². The number of benzene rings is 3. The molecule has 0 atom stereocenters. The number of halogens is 1. The number of nitro groups is 1. The zero-order chi connectivity index (χ0) is 20.4. The number of nitrogens with zero attached hydrogens (tertiary/aromatic N) is 3. The average Bonchev–Trinajstić information content (AvgIpc) is 2.73. The van der Waals surface area contributed by atoms with Crippen molar-refractivity contribution >= 4 is 44.7 Å². The molecule has 1 heterocycles. The molecule has 0 aliphatic heterocycles. The Bertz CT molecular complexity index is 1310. The Morgan fingerprint density at radius 2 is 1.62 bits per heavy atom. The Balaban J connectivity index is 1.94. The van der Waals surface area contributed by atoms with E-state index in [0.29, 0.717) is 28.0 Å². The maximum atomic E-state index is 13.2. The van der Waals surface area contributed by atoms with Crippen LogP contribution in [0.4, 0.5) is 5.69 Å². The van der Waals surface area contributed by atoms with Crippen molar-refractivity contribution in [2.75, 3.05) is 0 Å². The molecule has 0 bridgehead atoms. The molecule has 4 rings (SSSR count). The molecule has 29 heavy (non-hydrogen) atoms. The summed E-state index contributed by atoms with van der Waals surface area (Å²) in [6, 6.07) is 20.8. The molecule has 0 saturated carbocycles. The van der Waals surface area contributed by atoms with E-state index < -0.39 is 4.92 Å². The fraction of sp³-hybridized carbons (Fsp3) is 0. The summed E-state index contributed by atoms with van der Waals surface area (Å²) in [6.07, 6.45) is 3.22. The van der Waals surface area contributed by atoms with E-state index in [1.807, 2.05) is 30.3 Å². The lowest BCUT2D eigenvalue weighted by Crippen LogP contribution is -2.22. The monoisotopic (exact) mass is 447 g/mol. The van der Waals surface area contributed by atoms with Gasteiger partial charge in [0.15, 0.2) is 0 Å². The zero-order valence-electron chi connectivity index (χ0n) is 15.0. The van der Waals surface area contributed by atoms with Gasteiger partial charge in [0.05, 0.1) is 27.1 Å². The molecule has 4 aromatic rings. The average molecular weight is 448 g/mol. The number of para-hydroxylation sites is 2. The molecule has 0 aliphatic carbocycles. The van der Waals surface area contributed by atoms with Crippen LogP contribution in [0.25, 0.3) is 28.7 Å². The topological polar surface area (TPSA) is 78.0 Å². The first-order chi connectivity index (χ1) is 14.0. The zero-order valence-corrected chi connectivity index (χ0v) is 16.6. The van der Waals surface area contributed by atoms with E-state index in [4.69, 9.17) is 0 Å². The summed E-state index contributed by atoms with van der Waals surface area (Å²) in [5.74, 6) is 0.383. The van der Waals surface area contributed by atoms with Gasteiger partial charge in [-0.2, -0.15) is 0 Å². The van der Waals surface area contributed by atoms with Crippen molar-refractivity contribution in [3.05, 3.63) is 109 Å². The minimum Gasteiger partial charge on any atom is -0.268 e. The van der Waals surface area contributed by atoms with Gasteiger partial charge in [-0.3, -0.25) is 19.5 Å². The molecule has 0 fully saturated rings. The van der Waals surface area contributed by atoms with Gasteiger partial charge in [0, 0.05) is 10.5 Å². The number of aromatic nitrogens is 2. The van der Waals surface area contributed by atoms with E-state index in [1.165, 1.54) is 10.6 Å². The highest BCUT2D eigenvalue weighted by Gasteiger charge is 2.13. The van der Waals surface area contributed by atoms with Gasteiger partial charge in [-0.15, -0.1) is 0 Å². The van der Waals surface area contributed by atoms with Gasteiger partial charge < -0.3 is 0 Å². The second-order valence-electron chi connectivity index (χ2n) is 6.25. The fourth-order valence-corrected chi connectivity index (χ4v) is 3.32. The quantitative estimate of drug-likeness (QED) is 0.317. The first-order valence-electron chi connectivity index (χ1n) is 8.74. The van der Waals surface area contributed by atoms with Gasteiger partial charge in [0.25, 0.3) is 11.2 Å². The van der Waals surface area contributed by atoms with E-state index in [-0.39, 0.29) is 11.2 Å². The van der Waals surface area contributed by atoms with Crippen LogP contribution in [0.2, 0.25) is 0 Å².